The summed E-state index contributed by atoms with van der Waals surface area (Å²) in [4.78, 5) is 22.7. The van der Waals surface area contributed by atoms with E-state index in [2.05, 4.69) is 5.32 Å². The van der Waals surface area contributed by atoms with Gasteiger partial charge in [-0.2, -0.15) is 0 Å². The minimum atomic E-state index is -1.09. The second-order valence-corrected chi connectivity index (χ2v) is 4.15. The molecule has 0 unspecified atom stereocenters. The summed E-state index contributed by atoms with van der Waals surface area (Å²) < 4.78 is 10.0. The Balaban J connectivity index is 2.66. The second kappa shape index (κ2) is 8.16. The van der Waals surface area contributed by atoms with E-state index in [1.54, 1.807) is 31.2 Å². The molecule has 1 atom stereocenters. The van der Waals surface area contributed by atoms with Crippen molar-refractivity contribution < 1.29 is 24.2 Å². The van der Waals surface area contributed by atoms with E-state index < -0.39 is 17.9 Å². The van der Waals surface area contributed by atoms with E-state index >= 15 is 0 Å². The third-order valence-electron chi connectivity index (χ3n) is 2.64. The van der Waals surface area contributed by atoms with Gasteiger partial charge in [0.15, 0.2) is 0 Å². The Morgan fingerprint density at radius 1 is 1.40 bits per heavy atom. The van der Waals surface area contributed by atoms with Gasteiger partial charge in [-0.25, -0.2) is 4.79 Å². The van der Waals surface area contributed by atoms with Gasteiger partial charge in [-0.3, -0.25) is 4.79 Å². The van der Waals surface area contributed by atoms with Crippen LogP contribution in [-0.4, -0.2) is 43.3 Å². The molecule has 0 spiro atoms. The molecule has 0 aliphatic carbocycles. The SMILES string of the molecule is CCOCC(=O)N[C@@H](Cc1cccc(OC)c1)C(=O)O. The van der Waals surface area contributed by atoms with Gasteiger partial charge in [-0.05, 0) is 24.6 Å². The zero-order valence-corrected chi connectivity index (χ0v) is 11.6. The van der Waals surface area contributed by atoms with E-state index in [9.17, 15) is 9.59 Å². The lowest BCUT2D eigenvalue weighted by atomic mass is 10.1. The zero-order valence-electron chi connectivity index (χ0n) is 11.6. The van der Waals surface area contributed by atoms with Gasteiger partial charge in [0.25, 0.3) is 0 Å². The molecule has 6 heteroatoms. The number of methoxy groups -OCH3 is 1. The van der Waals surface area contributed by atoms with Gasteiger partial charge in [0.2, 0.25) is 5.91 Å². The normalized spacial score (nSPS) is 11.7. The van der Waals surface area contributed by atoms with Crippen molar-refractivity contribution in [2.75, 3.05) is 20.3 Å². The first-order chi connectivity index (χ1) is 9.56. The van der Waals surface area contributed by atoms with Gasteiger partial charge in [0, 0.05) is 13.0 Å². The Bertz CT molecular complexity index is 461. The van der Waals surface area contributed by atoms with E-state index in [0.29, 0.717) is 12.4 Å². The number of carboxylic acid groups (broad SMARTS) is 1. The molecule has 1 rings (SSSR count). The molecule has 0 radical (unpaired) electrons. The Morgan fingerprint density at radius 3 is 2.75 bits per heavy atom. The summed E-state index contributed by atoms with van der Waals surface area (Å²) in [6.07, 6.45) is 0.185. The van der Waals surface area contributed by atoms with Crippen molar-refractivity contribution in [1.29, 1.82) is 0 Å². The molecular formula is C14H19NO5. The molecule has 0 saturated carbocycles. The highest BCUT2D eigenvalue weighted by molar-refractivity contribution is 5.84. The highest BCUT2D eigenvalue weighted by Crippen LogP contribution is 2.14. The van der Waals surface area contributed by atoms with Crippen molar-refractivity contribution in [2.45, 2.75) is 19.4 Å². The number of aliphatic carboxylic acids is 1. The molecule has 0 aliphatic rings. The second-order valence-electron chi connectivity index (χ2n) is 4.15. The van der Waals surface area contributed by atoms with Crippen LogP contribution in [-0.2, 0) is 20.7 Å². The average Bonchev–Trinajstić information content (AvgIpc) is 2.44. The highest BCUT2D eigenvalue weighted by Gasteiger charge is 2.20. The molecule has 0 aliphatic heterocycles. The molecule has 0 fully saturated rings. The molecular weight excluding hydrogens is 262 g/mol. The summed E-state index contributed by atoms with van der Waals surface area (Å²) in [5, 5.41) is 11.6. The lowest BCUT2D eigenvalue weighted by molar-refractivity contribution is -0.142. The number of nitrogens with one attached hydrogen (secondary N) is 1. The topological polar surface area (TPSA) is 84.9 Å². The van der Waals surface area contributed by atoms with Gasteiger partial charge < -0.3 is 19.9 Å². The fourth-order valence-electron chi connectivity index (χ4n) is 1.67. The molecule has 0 aromatic heterocycles. The van der Waals surface area contributed by atoms with Crippen molar-refractivity contribution >= 4 is 11.9 Å². The van der Waals surface area contributed by atoms with Crippen LogP contribution in [0.5, 0.6) is 5.75 Å². The molecule has 1 aromatic rings. The van der Waals surface area contributed by atoms with Crippen LogP contribution in [0.1, 0.15) is 12.5 Å². The first-order valence-corrected chi connectivity index (χ1v) is 6.29. The van der Waals surface area contributed by atoms with Crippen LogP contribution >= 0.6 is 0 Å². The molecule has 1 aromatic carbocycles. The fourth-order valence-corrected chi connectivity index (χ4v) is 1.67. The van der Waals surface area contributed by atoms with E-state index in [4.69, 9.17) is 14.6 Å². The fraction of sp³-hybridized carbons (Fsp3) is 0.429. The maximum atomic E-state index is 11.5. The van der Waals surface area contributed by atoms with E-state index in [0.717, 1.165) is 5.56 Å². The van der Waals surface area contributed by atoms with Crippen molar-refractivity contribution in [1.82, 2.24) is 5.32 Å². The number of amides is 1. The van der Waals surface area contributed by atoms with Crippen LogP contribution in [0.3, 0.4) is 0 Å². The minimum absolute atomic E-state index is 0.140. The first kappa shape index (κ1) is 16.0. The molecule has 20 heavy (non-hydrogen) atoms. The number of ether oxygens (including phenoxy) is 2. The standard InChI is InChI=1S/C14H19NO5/c1-3-20-9-13(16)15-12(14(17)18)8-10-5-4-6-11(7-10)19-2/h4-7,12H,3,8-9H2,1-2H3,(H,15,16)(H,17,18)/t12-/m0/s1. The number of rotatable bonds is 8. The predicted octanol–water partition coefficient (Wildman–Crippen LogP) is 0.844. The van der Waals surface area contributed by atoms with Gasteiger partial charge in [0.1, 0.15) is 18.4 Å². The third-order valence-corrected chi connectivity index (χ3v) is 2.64. The van der Waals surface area contributed by atoms with Gasteiger partial charge >= 0.3 is 5.97 Å². The first-order valence-electron chi connectivity index (χ1n) is 6.29. The van der Waals surface area contributed by atoms with Crippen molar-refractivity contribution in [3.8, 4) is 5.75 Å². The summed E-state index contributed by atoms with van der Waals surface area (Å²) in [5.41, 5.74) is 0.772. The largest absolute Gasteiger partial charge is 0.497 e. The maximum absolute atomic E-state index is 11.5. The monoisotopic (exact) mass is 281 g/mol. The maximum Gasteiger partial charge on any atom is 0.326 e. The van der Waals surface area contributed by atoms with Crippen LogP contribution in [0.4, 0.5) is 0 Å². The molecule has 0 heterocycles. The zero-order chi connectivity index (χ0) is 15.0. The van der Waals surface area contributed by atoms with Crippen molar-refractivity contribution in [3.63, 3.8) is 0 Å². The van der Waals surface area contributed by atoms with Crippen molar-refractivity contribution in [2.24, 2.45) is 0 Å². The number of carbonyl (C=O) groups excluding carboxylic acids is 1. The number of carbonyl (C=O) groups is 2. The van der Waals surface area contributed by atoms with Crippen LogP contribution in [0.2, 0.25) is 0 Å². The van der Waals surface area contributed by atoms with Crippen LogP contribution < -0.4 is 10.1 Å². The van der Waals surface area contributed by atoms with E-state index in [1.807, 2.05) is 0 Å². The molecule has 110 valence electrons. The third kappa shape index (κ3) is 5.27. The summed E-state index contributed by atoms with van der Waals surface area (Å²) in [5.74, 6) is -0.882. The number of carboxylic acids is 1. The molecule has 2 N–H and O–H groups in total. The minimum Gasteiger partial charge on any atom is -0.497 e. The Morgan fingerprint density at radius 2 is 2.15 bits per heavy atom. The summed E-state index contributed by atoms with van der Waals surface area (Å²) in [7, 11) is 1.54. The quantitative estimate of drug-likeness (QED) is 0.737. The number of hydrogen-bond donors (Lipinski definition) is 2. The molecule has 0 saturated heterocycles. The lowest BCUT2D eigenvalue weighted by Gasteiger charge is -2.15. The lowest BCUT2D eigenvalue weighted by Crippen LogP contribution is -2.43. The summed E-state index contributed by atoms with van der Waals surface area (Å²) >= 11 is 0. The molecule has 1 amide bonds. The Labute approximate surface area is 117 Å². The van der Waals surface area contributed by atoms with Gasteiger partial charge in [-0.15, -0.1) is 0 Å². The Kier molecular flexibility index (Phi) is 6.52. The van der Waals surface area contributed by atoms with Crippen LogP contribution in [0.15, 0.2) is 24.3 Å². The summed E-state index contributed by atoms with van der Waals surface area (Å²) in [6.45, 7) is 2.03. The van der Waals surface area contributed by atoms with Gasteiger partial charge in [0.05, 0.1) is 7.11 Å². The van der Waals surface area contributed by atoms with Crippen LogP contribution in [0.25, 0.3) is 0 Å². The predicted molar refractivity (Wildman–Crippen MR) is 72.8 cm³/mol. The smallest absolute Gasteiger partial charge is 0.326 e. The highest BCUT2D eigenvalue weighted by atomic mass is 16.5. The Hall–Kier alpha value is -2.08. The molecule has 0 bridgehead atoms. The number of benzene rings is 1. The average molecular weight is 281 g/mol. The number of hydrogen-bond acceptors (Lipinski definition) is 4. The van der Waals surface area contributed by atoms with E-state index in [1.165, 1.54) is 7.11 Å². The van der Waals surface area contributed by atoms with E-state index in [-0.39, 0.29) is 13.0 Å². The van der Waals surface area contributed by atoms with Gasteiger partial charge in [-0.1, -0.05) is 12.1 Å². The summed E-state index contributed by atoms with van der Waals surface area (Å²) in [6, 6.07) is 6.08. The molecule has 6 nitrogen and oxygen atoms in total. The van der Waals surface area contributed by atoms with Crippen molar-refractivity contribution in [3.05, 3.63) is 29.8 Å². The van der Waals surface area contributed by atoms with Crippen LogP contribution in [0, 0.1) is 0 Å².